The van der Waals surface area contributed by atoms with Gasteiger partial charge in [0, 0.05) is 18.5 Å². The maximum absolute atomic E-state index is 11.4. The van der Waals surface area contributed by atoms with Crippen molar-refractivity contribution >= 4 is 12.3 Å². The van der Waals surface area contributed by atoms with Crippen molar-refractivity contribution in [2.75, 3.05) is 13.1 Å². The zero-order valence-electron chi connectivity index (χ0n) is 9.54. The van der Waals surface area contributed by atoms with Crippen molar-refractivity contribution in [1.29, 1.82) is 0 Å². The van der Waals surface area contributed by atoms with E-state index in [4.69, 9.17) is 4.74 Å². The second-order valence-electron chi connectivity index (χ2n) is 4.11. The fraction of sp³-hybridized carbons (Fsp3) is 0.385. The van der Waals surface area contributed by atoms with Gasteiger partial charge in [-0.05, 0) is 6.42 Å². The van der Waals surface area contributed by atoms with Crippen LogP contribution in [0.4, 0.5) is 0 Å². The summed E-state index contributed by atoms with van der Waals surface area (Å²) in [6.07, 6.45) is 1.00. The van der Waals surface area contributed by atoms with Gasteiger partial charge < -0.3 is 4.74 Å². The molecule has 2 rings (SSSR count). The van der Waals surface area contributed by atoms with Crippen LogP contribution < -0.4 is 0 Å². The number of hydrogen-bond acceptors (Lipinski definition) is 4. The van der Waals surface area contributed by atoms with Crippen molar-refractivity contribution in [2.24, 2.45) is 0 Å². The van der Waals surface area contributed by atoms with E-state index in [1.165, 1.54) is 0 Å². The second kappa shape index (κ2) is 5.59. The number of benzene rings is 1. The van der Waals surface area contributed by atoms with E-state index >= 15 is 0 Å². The first kappa shape index (κ1) is 11.8. The zero-order chi connectivity index (χ0) is 12.1. The lowest BCUT2D eigenvalue weighted by atomic mass is 10.1. The molecule has 1 fully saturated rings. The molecule has 0 radical (unpaired) electrons. The lowest BCUT2D eigenvalue weighted by Gasteiger charge is -2.32. The van der Waals surface area contributed by atoms with Crippen LogP contribution in [-0.2, 0) is 14.3 Å². The standard InChI is InChI=1S/C13H15NO3/c15-10-17-13(11-5-2-1-3-6-11)14-8-4-7-12(16)9-14/h1-3,5-6,10,13H,4,7-9H2. The largest absolute Gasteiger partial charge is 0.444 e. The molecule has 1 aliphatic heterocycles. The SMILES string of the molecule is O=COC(c1ccccc1)N1CCCC(=O)C1. The number of hydrogen-bond donors (Lipinski definition) is 0. The van der Waals surface area contributed by atoms with Crippen molar-refractivity contribution < 1.29 is 14.3 Å². The maximum atomic E-state index is 11.4. The highest BCUT2D eigenvalue weighted by Gasteiger charge is 2.26. The fourth-order valence-electron chi connectivity index (χ4n) is 2.11. The summed E-state index contributed by atoms with van der Waals surface area (Å²) in [5.41, 5.74) is 0.898. The molecule has 0 bridgehead atoms. The number of likely N-dealkylation sites (tertiary alicyclic amines) is 1. The summed E-state index contributed by atoms with van der Waals surface area (Å²) in [5.74, 6) is 0.201. The highest BCUT2D eigenvalue weighted by atomic mass is 16.5. The minimum atomic E-state index is -0.446. The summed E-state index contributed by atoms with van der Waals surface area (Å²) in [5, 5.41) is 0. The van der Waals surface area contributed by atoms with Crippen LogP contribution in [0.2, 0.25) is 0 Å². The lowest BCUT2D eigenvalue weighted by Crippen LogP contribution is -2.39. The molecule has 1 heterocycles. The Morgan fingerprint density at radius 2 is 2.06 bits per heavy atom. The van der Waals surface area contributed by atoms with E-state index in [-0.39, 0.29) is 5.78 Å². The van der Waals surface area contributed by atoms with Gasteiger partial charge in [0.15, 0.2) is 6.23 Å². The summed E-state index contributed by atoms with van der Waals surface area (Å²) in [4.78, 5) is 23.9. The van der Waals surface area contributed by atoms with Gasteiger partial charge in [-0.2, -0.15) is 0 Å². The molecule has 1 unspecified atom stereocenters. The van der Waals surface area contributed by atoms with Crippen LogP contribution in [-0.4, -0.2) is 30.2 Å². The normalized spacial score (nSPS) is 18.7. The first-order valence-electron chi connectivity index (χ1n) is 5.71. The Hall–Kier alpha value is -1.68. The molecule has 90 valence electrons. The second-order valence-corrected chi connectivity index (χ2v) is 4.11. The summed E-state index contributed by atoms with van der Waals surface area (Å²) in [6, 6.07) is 9.48. The van der Waals surface area contributed by atoms with Gasteiger partial charge in [0.1, 0.15) is 5.78 Å². The van der Waals surface area contributed by atoms with Crippen molar-refractivity contribution in [3.8, 4) is 0 Å². The van der Waals surface area contributed by atoms with Crippen molar-refractivity contribution in [2.45, 2.75) is 19.1 Å². The molecule has 1 aromatic rings. The lowest BCUT2D eigenvalue weighted by molar-refractivity contribution is -0.148. The van der Waals surface area contributed by atoms with E-state index in [2.05, 4.69) is 0 Å². The molecule has 4 nitrogen and oxygen atoms in total. The third-order valence-electron chi connectivity index (χ3n) is 2.88. The van der Waals surface area contributed by atoms with Crippen LogP contribution in [0.15, 0.2) is 30.3 Å². The Bertz CT molecular complexity index is 391. The topological polar surface area (TPSA) is 46.6 Å². The Kier molecular flexibility index (Phi) is 3.88. The van der Waals surface area contributed by atoms with Crippen LogP contribution in [0.5, 0.6) is 0 Å². The molecule has 0 amide bonds. The maximum Gasteiger partial charge on any atom is 0.294 e. The van der Waals surface area contributed by atoms with Crippen LogP contribution in [0, 0.1) is 0 Å². The molecule has 1 saturated heterocycles. The monoisotopic (exact) mass is 233 g/mol. The predicted octanol–water partition coefficient (Wildman–Crippen LogP) is 1.52. The molecular weight excluding hydrogens is 218 g/mol. The number of ether oxygens (including phenoxy) is 1. The molecule has 1 atom stereocenters. The highest BCUT2D eigenvalue weighted by molar-refractivity contribution is 5.81. The Morgan fingerprint density at radius 3 is 2.71 bits per heavy atom. The van der Waals surface area contributed by atoms with Crippen LogP contribution in [0.1, 0.15) is 24.6 Å². The number of nitrogens with zero attached hydrogens (tertiary/aromatic N) is 1. The molecule has 0 N–H and O–H groups in total. The van der Waals surface area contributed by atoms with E-state index in [0.29, 0.717) is 19.4 Å². The Labute approximate surface area is 100 Å². The van der Waals surface area contributed by atoms with Gasteiger partial charge in [0.25, 0.3) is 6.47 Å². The Morgan fingerprint density at radius 1 is 1.29 bits per heavy atom. The predicted molar refractivity (Wildman–Crippen MR) is 62.1 cm³/mol. The van der Waals surface area contributed by atoms with Crippen LogP contribution >= 0.6 is 0 Å². The van der Waals surface area contributed by atoms with E-state index in [1.54, 1.807) is 0 Å². The first-order chi connectivity index (χ1) is 8.31. The summed E-state index contributed by atoms with van der Waals surface area (Å²) < 4.78 is 5.11. The summed E-state index contributed by atoms with van der Waals surface area (Å²) in [6.45, 7) is 1.57. The smallest absolute Gasteiger partial charge is 0.294 e. The summed E-state index contributed by atoms with van der Waals surface area (Å²) in [7, 11) is 0. The van der Waals surface area contributed by atoms with Gasteiger partial charge >= 0.3 is 0 Å². The quantitative estimate of drug-likeness (QED) is 0.740. The molecule has 1 aromatic carbocycles. The van der Waals surface area contributed by atoms with Gasteiger partial charge in [0.05, 0.1) is 6.54 Å². The van der Waals surface area contributed by atoms with Gasteiger partial charge in [-0.1, -0.05) is 30.3 Å². The van der Waals surface area contributed by atoms with Crippen LogP contribution in [0.3, 0.4) is 0 Å². The number of carbonyl (C=O) groups is 2. The van der Waals surface area contributed by atoms with Gasteiger partial charge in [-0.25, -0.2) is 0 Å². The number of carbonyl (C=O) groups excluding carboxylic acids is 2. The minimum Gasteiger partial charge on any atom is -0.444 e. The van der Waals surface area contributed by atoms with Crippen molar-refractivity contribution in [3.63, 3.8) is 0 Å². The molecule has 0 spiro atoms. The van der Waals surface area contributed by atoms with Gasteiger partial charge in [-0.15, -0.1) is 0 Å². The highest BCUT2D eigenvalue weighted by Crippen LogP contribution is 2.23. The van der Waals surface area contributed by atoms with Crippen LogP contribution in [0.25, 0.3) is 0 Å². The van der Waals surface area contributed by atoms with Gasteiger partial charge in [-0.3, -0.25) is 14.5 Å². The average Bonchev–Trinajstić information content (AvgIpc) is 2.37. The first-order valence-corrected chi connectivity index (χ1v) is 5.71. The molecule has 4 heteroatoms. The number of piperidine rings is 1. The van der Waals surface area contributed by atoms with E-state index < -0.39 is 6.23 Å². The average molecular weight is 233 g/mol. The fourth-order valence-corrected chi connectivity index (χ4v) is 2.11. The molecule has 0 saturated carbocycles. The van der Waals surface area contributed by atoms with E-state index in [0.717, 1.165) is 18.5 Å². The minimum absolute atomic E-state index is 0.201. The number of Topliss-reactive ketones (excluding diaryl/α,β-unsaturated/α-hetero) is 1. The molecule has 0 aromatic heterocycles. The number of rotatable bonds is 4. The molecule has 17 heavy (non-hydrogen) atoms. The third kappa shape index (κ3) is 2.91. The molecular formula is C13H15NO3. The summed E-state index contributed by atoms with van der Waals surface area (Å²) >= 11 is 0. The molecule has 0 aliphatic carbocycles. The van der Waals surface area contributed by atoms with Crippen molar-refractivity contribution in [3.05, 3.63) is 35.9 Å². The Balaban J connectivity index is 2.16. The van der Waals surface area contributed by atoms with E-state index in [1.807, 2.05) is 35.2 Å². The van der Waals surface area contributed by atoms with E-state index in [9.17, 15) is 9.59 Å². The number of ketones is 1. The van der Waals surface area contributed by atoms with Gasteiger partial charge in [0.2, 0.25) is 0 Å². The third-order valence-corrected chi connectivity index (χ3v) is 2.88. The molecule has 1 aliphatic rings. The van der Waals surface area contributed by atoms with Crippen molar-refractivity contribution in [1.82, 2.24) is 4.90 Å². The zero-order valence-corrected chi connectivity index (χ0v) is 9.54.